The predicted octanol–water partition coefficient (Wildman–Crippen LogP) is 2.50. The first kappa shape index (κ1) is 18.4. The molecule has 24 heavy (non-hydrogen) atoms. The van der Waals surface area contributed by atoms with Gasteiger partial charge in [0.15, 0.2) is 0 Å². The summed E-state index contributed by atoms with van der Waals surface area (Å²) in [4.78, 5) is 11.7. The highest BCUT2D eigenvalue weighted by atomic mass is 35.5. The van der Waals surface area contributed by atoms with Gasteiger partial charge in [0, 0.05) is 5.69 Å². The third-order valence-corrected chi connectivity index (χ3v) is 4.88. The Morgan fingerprint density at radius 3 is 2.46 bits per heavy atom. The minimum Gasteiger partial charge on any atom is -0.308 e. The average Bonchev–Trinajstić information content (AvgIpc) is 2.88. The first-order valence-electron chi connectivity index (χ1n) is 5.78. The molecule has 130 valence electrons. The first-order valence-corrected chi connectivity index (χ1v) is 8.52. The lowest BCUT2D eigenvalue weighted by Crippen LogP contribution is -2.19. The van der Waals surface area contributed by atoms with E-state index in [2.05, 4.69) is 20.8 Å². The number of primary sulfonamides is 1. The van der Waals surface area contributed by atoms with Crippen molar-refractivity contribution in [3.8, 4) is 0 Å². The standard InChI is InChI=1S/C10H7ClF3N5O3S2/c11-6-2-1-4(3-5(6)10(12,13)14)16-7(20)17-8-18-19-9(23-8)24(15,21)22/h1-3H,(H2,15,21,22)(H2,16,17,18,20). The maximum Gasteiger partial charge on any atom is 0.417 e. The van der Waals surface area contributed by atoms with E-state index >= 15 is 0 Å². The Labute approximate surface area is 141 Å². The van der Waals surface area contributed by atoms with E-state index < -0.39 is 37.2 Å². The number of nitrogens with two attached hydrogens (primary N) is 1. The van der Waals surface area contributed by atoms with Crippen molar-refractivity contribution < 1.29 is 26.4 Å². The number of aromatic nitrogens is 2. The highest BCUT2D eigenvalue weighted by Crippen LogP contribution is 2.36. The lowest BCUT2D eigenvalue weighted by Gasteiger charge is -2.11. The van der Waals surface area contributed by atoms with Gasteiger partial charge in [-0.2, -0.15) is 13.2 Å². The number of urea groups is 1. The Morgan fingerprint density at radius 2 is 1.92 bits per heavy atom. The molecule has 0 unspecified atom stereocenters. The minimum atomic E-state index is -4.69. The molecular formula is C10H7ClF3N5O3S2. The molecule has 2 aromatic rings. The molecule has 0 radical (unpaired) electrons. The third-order valence-electron chi connectivity index (χ3n) is 2.40. The second-order valence-electron chi connectivity index (χ2n) is 4.19. The van der Waals surface area contributed by atoms with E-state index in [0.717, 1.165) is 12.1 Å². The van der Waals surface area contributed by atoms with E-state index in [1.165, 1.54) is 0 Å². The predicted molar refractivity (Wildman–Crippen MR) is 80.4 cm³/mol. The van der Waals surface area contributed by atoms with Crippen LogP contribution in [0.3, 0.4) is 0 Å². The number of hydrogen-bond acceptors (Lipinski definition) is 6. The normalized spacial score (nSPS) is 12.0. The number of nitrogens with zero attached hydrogens (tertiary/aromatic N) is 2. The largest absolute Gasteiger partial charge is 0.417 e. The first-order chi connectivity index (χ1) is 11.0. The van der Waals surface area contributed by atoms with E-state index in [9.17, 15) is 26.4 Å². The number of amides is 2. The van der Waals surface area contributed by atoms with Crippen molar-refractivity contribution in [2.24, 2.45) is 5.14 Å². The molecule has 1 heterocycles. The van der Waals surface area contributed by atoms with Gasteiger partial charge in [0.1, 0.15) is 0 Å². The van der Waals surface area contributed by atoms with Crippen LogP contribution in [0.15, 0.2) is 22.5 Å². The van der Waals surface area contributed by atoms with Crippen molar-refractivity contribution in [1.82, 2.24) is 10.2 Å². The summed E-state index contributed by atoms with van der Waals surface area (Å²) >= 11 is 5.94. The Bertz CT molecular complexity index is 884. The number of alkyl halides is 3. The molecule has 0 aliphatic carbocycles. The van der Waals surface area contributed by atoms with Gasteiger partial charge in [-0.3, -0.25) is 5.32 Å². The molecule has 0 saturated heterocycles. The summed E-state index contributed by atoms with van der Waals surface area (Å²) in [6.45, 7) is 0. The molecule has 0 bridgehead atoms. The van der Waals surface area contributed by atoms with Crippen molar-refractivity contribution in [1.29, 1.82) is 0 Å². The SMILES string of the molecule is NS(=O)(=O)c1nnc(NC(=O)Nc2ccc(Cl)c(C(F)(F)F)c2)s1. The number of halogens is 4. The van der Waals surface area contributed by atoms with Crippen LogP contribution in [0.4, 0.5) is 28.8 Å². The number of nitrogens with one attached hydrogen (secondary N) is 2. The molecule has 0 spiro atoms. The van der Waals surface area contributed by atoms with Gasteiger partial charge in [0.2, 0.25) is 9.47 Å². The van der Waals surface area contributed by atoms with Crippen LogP contribution in [0.5, 0.6) is 0 Å². The van der Waals surface area contributed by atoms with E-state index in [1.54, 1.807) is 0 Å². The van der Waals surface area contributed by atoms with Gasteiger partial charge >= 0.3 is 12.2 Å². The summed E-state index contributed by atoms with van der Waals surface area (Å²) in [5, 5.41) is 15.0. The number of carbonyl (C=O) groups excluding carboxylic acids is 1. The maximum absolute atomic E-state index is 12.7. The molecule has 2 amide bonds. The Balaban J connectivity index is 2.12. The summed E-state index contributed by atoms with van der Waals surface area (Å²) in [7, 11) is -4.07. The Hall–Kier alpha value is -1.96. The number of carbonyl (C=O) groups is 1. The van der Waals surface area contributed by atoms with Crippen molar-refractivity contribution in [3.63, 3.8) is 0 Å². The van der Waals surface area contributed by atoms with Crippen LogP contribution in [0, 0.1) is 0 Å². The second-order valence-corrected chi connectivity index (χ2v) is 7.31. The van der Waals surface area contributed by atoms with Gasteiger partial charge in [0.05, 0.1) is 10.6 Å². The zero-order valence-corrected chi connectivity index (χ0v) is 13.6. The molecule has 2 rings (SSSR count). The van der Waals surface area contributed by atoms with Crippen molar-refractivity contribution in [2.45, 2.75) is 10.5 Å². The fourth-order valence-electron chi connectivity index (χ4n) is 1.45. The number of rotatable bonds is 3. The summed E-state index contributed by atoms with van der Waals surface area (Å²) in [6.07, 6.45) is -4.69. The van der Waals surface area contributed by atoms with Crippen LogP contribution in [0.1, 0.15) is 5.56 Å². The van der Waals surface area contributed by atoms with Crippen LogP contribution in [0.2, 0.25) is 5.02 Å². The Morgan fingerprint density at radius 1 is 1.25 bits per heavy atom. The maximum atomic E-state index is 12.7. The molecule has 14 heteroatoms. The highest BCUT2D eigenvalue weighted by molar-refractivity contribution is 7.91. The third kappa shape index (κ3) is 4.53. The molecular weight excluding hydrogens is 395 g/mol. The molecule has 1 aromatic carbocycles. The van der Waals surface area contributed by atoms with E-state index in [0.29, 0.717) is 17.4 Å². The molecule has 0 atom stereocenters. The van der Waals surface area contributed by atoms with Crippen LogP contribution in [-0.2, 0) is 16.2 Å². The van der Waals surface area contributed by atoms with Crippen LogP contribution < -0.4 is 15.8 Å². The van der Waals surface area contributed by atoms with E-state index in [1.807, 2.05) is 0 Å². The van der Waals surface area contributed by atoms with Crippen LogP contribution in [-0.4, -0.2) is 24.6 Å². The van der Waals surface area contributed by atoms with Crippen LogP contribution >= 0.6 is 22.9 Å². The minimum absolute atomic E-state index is 0.180. The molecule has 0 aliphatic heterocycles. The van der Waals surface area contributed by atoms with Gasteiger partial charge < -0.3 is 5.32 Å². The zero-order chi connectivity index (χ0) is 18.1. The molecule has 0 saturated carbocycles. The van der Waals surface area contributed by atoms with Crippen molar-refractivity contribution >= 4 is 49.8 Å². The number of benzene rings is 1. The topological polar surface area (TPSA) is 127 Å². The van der Waals surface area contributed by atoms with Gasteiger partial charge in [0.25, 0.3) is 10.0 Å². The summed E-state index contributed by atoms with van der Waals surface area (Å²) in [5.74, 6) is 0. The van der Waals surface area contributed by atoms with Crippen LogP contribution in [0.25, 0.3) is 0 Å². The smallest absolute Gasteiger partial charge is 0.308 e. The molecule has 8 nitrogen and oxygen atoms in total. The highest BCUT2D eigenvalue weighted by Gasteiger charge is 2.33. The molecule has 0 fully saturated rings. The summed E-state index contributed by atoms with van der Waals surface area (Å²) in [5.41, 5.74) is -1.30. The quantitative estimate of drug-likeness (QED) is 0.681. The van der Waals surface area contributed by atoms with E-state index in [-0.39, 0.29) is 10.8 Å². The fraction of sp³-hybridized carbons (Fsp3) is 0.100. The molecule has 4 N–H and O–H groups in total. The summed E-state index contributed by atoms with van der Waals surface area (Å²) < 4.78 is 59.7. The fourth-order valence-corrected chi connectivity index (χ4v) is 3.01. The number of sulfonamides is 1. The number of anilines is 2. The average molecular weight is 402 g/mol. The van der Waals surface area contributed by atoms with Gasteiger partial charge in [-0.25, -0.2) is 18.4 Å². The molecule has 0 aliphatic rings. The molecule has 1 aromatic heterocycles. The number of hydrogen-bond donors (Lipinski definition) is 3. The van der Waals surface area contributed by atoms with Gasteiger partial charge in [-0.1, -0.05) is 22.9 Å². The monoisotopic (exact) mass is 401 g/mol. The lowest BCUT2D eigenvalue weighted by atomic mass is 10.2. The Kier molecular flexibility index (Phi) is 4.98. The lowest BCUT2D eigenvalue weighted by molar-refractivity contribution is -0.137. The van der Waals surface area contributed by atoms with Crippen molar-refractivity contribution in [3.05, 3.63) is 28.8 Å². The summed E-state index contributed by atoms with van der Waals surface area (Å²) in [6, 6.07) is 1.83. The van der Waals surface area contributed by atoms with Gasteiger partial charge in [-0.05, 0) is 18.2 Å². The zero-order valence-electron chi connectivity index (χ0n) is 11.3. The van der Waals surface area contributed by atoms with Gasteiger partial charge in [-0.15, -0.1) is 10.2 Å². The second kappa shape index (κ2) is 6.51. The van der Waals surface area contributed by atoms with E-state index in [4.69, 9.17) is 16.7 Å². The van der Waals surface area contributed by atoms with Crippen molar-refractivity contribution in [2.75, 3.05) is 10.6 Å².